The van der Waals surface area contributed by atoms with Crippen LogP contribution in [0.5, 0.6) is 0 Å². The molecule has 10 heavy (non-hydrogen) atoms. The van der Waals surface area contributed by atoms with E-state index in [9.17, 15) is 8.76 Å². The molecule has 1 fully saturated rings. The fourth-order valence-corrected chi connectivity index (χ4v) is 1.29. The van der Waals surface area contributed by atoms with Gasteiger partial charge in [0.2, 0.25) is 0 Å². The highest BCUT2D eigenvalue weighted by Crippen LogP contribution is 2.10. The van der Waals surface area contributed by atoms with E-state index in [1.54, 1.807) is 0 Å². The second-order valence-corrected chi connectivity index (χ2v) is 2.98. The van der Waals surface area contributed by atoms with Crippen molar-refractivity contribution in [1.82, 2.24) is 4.72 Å². The lowest BCUT2D eigenvalue weighted by Gasteiger charge is -2.11. The molecule has 60 valence electrons. The summed E-state index contributed by atoms with van der Waals surface area (Å²) in [6.07, 6.45) is 2.10. The molecular formula is C5H10NO3S-. The highest BCUT2D eigenvalue weighted by atomic mass is 32.2. The van der Waals surface area contributed by atoms with E-state index in [-0.39, 0.29) is 6.10 Å². The zero-order valence-corrected chi connectivity index (χ0v) is 6.36. The average molecular weight is 164 g/mol. The predicted octanol–water partition coefficient (Wildman–Crippen LogP) is -0.451. The third-order valence-corrected chi connectivity index (χ3v) is 1.86. The maximum atomic E-state index is 9.99. The average Bonchev–Trinajstić information content (AvgIpc) is 2.34. The van der Waals surface area contributed by atoms with Crippen LogP contribution in [-0.4, -0.2) is 28.0 Å². The van der Waals surface area contributed by atoms with Gasteiger partial charge in [-0.15, -0.1) is 0 Å². The molecular weight excluding hydrogens is 154 g/mol. The van der Waals surface area contributed by atoms with Crippen molar-refractivity contribution in [3.05, 3.63) is 0 Å². The third-order valence-electron chi connectivity index (χ3n) is 1.45. The highest BCUT2D eigenvalue weighted by Gasteiger charge is 2.14. The first-order chi connectivity index (χ1) is 4.79. The second-order valence-electron chi connectivity index (χ2n) is 2.22. The maximum Gasteiger partial charge on any atom is 0.0710 e. The molecule has 4 nitrogen and oxygen atoms in total. The Morgan fingerprint density at radius 1 is 1.80 bits per heavy atom. The zero-order valence-electron chi connectivity index (χ0n) is 5.54. The Bertz CT molecular complexity index is 124. The Labute approximate surface area is 62.4 Å². The molecule has 0 radical (unpaired) electrons. The van der Waals surface area contributed by atoms with E-state index < -0.39 is 11.3 Å². The van der Waals surface area contributed by atoms with Gasteiger partial charge in [-0.3, -0.25) is 4.21 Å². The molecule has 0 aromatic heterocycles. The molecule has 0 saturated carbocycles. The van der Waals surface area contributed by atoms with Gasteiger partial charge in [-0.05, 0) is 12.8 Å². The topological polar surface area (TPSA) is 61.4 Å². The summed E-state index contributed by atoms with van der Waals surface area (Å²) in [5.41, 5.74) is 0. The molecule has 1 unspecified atom stereocenters. The summed E-state index contributed by atoms with van der Waals surface area (Å²) in [7, 11) is 0. The molecule has 0 bridgehead atoms. The predicted molar refractivity (Wildman–Crippen MR) is 35.9 cm³/mol. The molecule has 5 heteroatoms. The molecule has 1 rings (SSSR count). The standard InChI is InChI=1S/C5H11NO3S/c7-10(8)6-4-5-2-1-3-9-5/h5-6H,1-4H2,(H,7,8)/p-1/t5-/m1/s1. The van der Waals surface area contributed by atoms with E-state index in [1.165, 1.54) is 0 Å². The molecule has 2 atom stereocenters. The summed E-state index contributed by atoms with van der Waals surface area (Å²) in [4.78, 5) is 0. The van der Waals surface area contributed by atoms with Crippen molar-refractivity contribution in [2.24, 2.45) is 0 Å². The monoisotopic (exact) mass is 164 g/mol. The van der Waals surface area contributed by atoms with Gasteiger partial charge in [0.1, 0.15) is 0 Å². The van der Waals surface area contributed by atoms with Crippen molar-refractivity contribution in [1.29, 1.82) is 0 Å². The van der Waals surface area contributed by atoms with Gasteiger partial charge in [0.25, 0.3) is 0 Å². The summed E-state index contributed by atoms with van der Waals surface area (Å²) < 4.78 is 27.4. The SMILES string of the molecule is O=S([O-])NC[C@H]1CCCO1. The first kappa shape index (κ1) is 8.13. The van der Waals surface area contributed by atoms with Crippen LogP contribution in [0.3, 0.4) is 0 Å². The lowest BCUT2D eigenvalue weighted by molar-refractivity contribution is 0.114. The largest absolute Gasteiger partial charge is 0.760 e. The number of nitrogens with one attached hydrogen (secondary N) is 1. The summed E-state index contributed by atoms with van der Waals surface area (Å²) in [5.74, 6) is 0. The van der Waals surface area contributed by atoms with Crippen molar-refractivity contribution in [2.45, 2.75) is 18.9 Å². The molecule has 1 aliphatic heterocycles. The Morgan fingerprint density at radius 3 is 3.10 bits per heavy atom. The van der Waals surface area contributed by atoms with E-state index in [4.69, 9.17) is 4.74 Å². The molecule has 1 N–H and O–H groups in total. The molecule has 0 amide bonds. The fraction of sp³-hybridized carbons (Fsp3) is 1.00. The van der Waals surface area contributed by atoms with Crippen LogP contribution in [0, 0.1) is 0 Å². The minimum absolute atomic E-state index is 0.0953. The first-order valence-corrected chi connectivity index (χ1v) is 4.31. The Hall–Kier alpha value is 0.0300. The van der Waals surface area contributed by atoms with Crippen LogP contribution < -0.4 is 4.72 Å². The molecule has 1 aliphatic rings. The number of ether oxygens (including phenoxy) is 1. The van der Waals surface area contributed by atoms with E-state index in [0.717, 1.165) is 19.4 Å². The van der Waals surface area contributed by atoms with Crippen LogP contribution >= 0.6 is 0 Å². The van der Waals surface area contributed by atoms with Crippen LogP contribution in [-0.2, 0) is 16.0 Å². The van der Waals surface area contributed by atoms with Gasteiger partial charge >= 0.3 is 0 Å². The van der Waals surface area contributed by atoms with Crippen molar-refractivity contribution < 1.29 is 13.5 Å². The Morgan fingerprint density at radius 2 is 2.60 bits per heavy atom. The van der Waals surface area contributed by atoms with Gasteiger partial charge in [-0.2, -0.15) is 0 Å². The van der Waals surface area contributed by atoms with Crippen molar-refractivity contribution >= 4 is 11.3 Å². The first-order valence-electron chi connectivity index (χ1n) is 3.23. The quantitative estimate of drug-likeness (QED) is 0.575. The molecule has 1 heterocycles. The maximum absolute atomic E-state index is 9.99. The van der Waals surface area contributed by atoms with Crippen molar-refractivity contribution in [3.63, 3.8) is 0 Å². The van der Waals surface area contributed by atoms with Crippen LogP contribution in [0.1, 0.15) is 12.8 Å². The van der Waals surface area contributed by atoms with E-state index >= 15 is 0 Å². The number of hydrogen-bond donors (Lipinski definition) is 1. The van der Waals surface area contributed by atoms with Crippen molar-refractivity contribution in [3.8, 4) is 0 Å². The van der Waals surface area contributed by atoms with Crippen LogP contribution in [0.15, 0.2) is 0 Å². The summed E-state index contributed by atoms with van der Waals surface area (Å²) in [5, 5.41) is 0. The third kappa shape index (κ3) is 2.74. The Kier molecular flexibility index (Phi) is 3.27. The van der Waals surface area contributed by atoms with Crippen molar-refractivity contribution in [2.75, 3.05) is 13.2 Å². The molecule has 0 spiro atoms. The van der Waals surface area contributed by atoms with Crippen LogP contribution in [0.25, 0.3) is 0 Å². The Balaban J connectivity index is 2.07. The molecule has 0 aromatic rings. The minimum Gasteiger partial charge on any atom is -0.760 e. The van der Waals surface area contributed by atoms with Gasteiger partial charge in [0.15, 0.2) is 0 Å². The van der Waals surface area contributed by atoms with Gasteiger partial charge in [-0.1, -0.05) is 0 Å². The molecule has 1 saturated heterocycles. The van der Waals surface area contributed by atoms with Crippen LogP contribution in [0.2, 0.25) is 0 Å². The summed E-state index contributed by atoms with van der Waals surface area (Å²) in [6.45, 7) is 1.17. The summed E-state index contributed by atoms with van der Waals surface area (Å²) in [6, 6.07) is 0. The molecule has 0 aromatic carbocycles. The number of hydrogen-bond acceptors (Lipinski definition) is 3. The van der Waals surface area contributed by atoms with E-state index in [0.29, 0.717) is 6.54 Å². The zero-order chi connectivity index (χ0) is 7.40. The lowest BCUT2D eigenvalue weighted by atomic mass is 10.2. The van der Waals surface area contributed by atoms with E-state index in [1.807, 2.05) is 0 Å². The van der Waals surface area contributed by atoms with Gasteiger partial charge in [0.05, 0.1) is 6.10 Å². The minimum atomic E-state index is -2.14. The lowest BCUT2D eigenvalue weighted by Crippen LogP contribution is -2.27. The normalized spacial score (nSPS) is 28.7. The van der Waals surface area contributed by atoms with Gasteiger partial charge in [-0.25, -0.2) is 4.72 Å². The smallest absolute Gasteiger partial charge is 0.0710 e. The summed E-state index contributed by atoms with van der Waals surface area (Å²) >= 11 is -2.14. The molecule has 0 aliphatic carbocycles. The van der Waals surface area contributed by atoms with Crippen LogP contribution in [0.4, 0.5) is 0 Å². The van der Waals surface area contributed by atoms with Gasteiger partial charge in [0, 0.05) is 24.4 Å². The highest BCUT2D eigenvalue weighted by molar-refractivity contribution is 7.77. The second kappa shape index (κ2) is 4.02. The fourth-order valence-electron chi connectivity index (χ4n) is 0.966. The van der Waals surface area contributed by atoms with Gasteiger partial charge < -0.3 is 9.29 Å². The van der Waals surface area contributed by atoms with E-state index in [2.05, 4.69) is 4.72 Å². The number of rotatable bonds is 3.